The van der Waals surface area contributed by atoms with Crippen LogP contribution in [0.5, 0.6) is 0 Å². The molecule has 0 spiro atoms. The third-order valence-electron chi connectivity index (χ3n) is 3.17. The van der Waals surface area contributed by atoms with Gasteiger partial charge in [-0.05, 0) is 19.3 Å². The second-order valence-electron chi connectivity index (χ2n) is 4.68. The molecule has 1 N–H and O–H groups in total. The number of carbonyl (C=O) groups excluding carboxylic acids is 1. The van der Waals surface area contributed by atoms with E-state index < -0.39 is 0 Å². The maximum Gasteiger partial charge on any atom is 0.274 e. The number of amides is 1. The largest absolute Gasteiger partial charge is 0.372 e. The molecule has 0 bridgehead atoms. The van der Waals surface area contributed by atoms with Crippen LogP contribution in [0.3, 0.4) is 0 Å². The number of rotatable bonds is 2. The molecule has 5 nitrogen and oxygen atoms in total. The molecule has 0 radical (unpaired) electrons. The molecular weight excluding hydrogens is 216 g/mol. The van der Waals surface area contributed by atoms with E-state index >= 15 is 0 Å². The zero-order valence-electron chi connectivity index (χ0n) is 10.5. The first-order valence-corrected chi connectivity index (χ1v) is 5.92. The molecule has 1 aromatic rings. The molecule has 92 valence electrons. The van der Waals surface area contributed by atoms with Gasteiger partial charge in [-0.15, -0.1) is 0 Å². The number of likely N-dealkylation sites (tertiary alicyclic amines) is 1. The van der Waals surface area contributed by atoms with Crippen molar-refractivity contribution in [3.63, 3.8) is 0 Å². The lowest BCUT2D eigenvalue weighted by Gasteiger charge is -2.20. The molecular formula is C12H18N4O. The lowest BCUT2D eigenvalue weighted by atomic mass is 10.1. The summed E-state index contributed by atoms with van der Waals surface area (Å²) in [7, 11) is 1.77. The van der Waals surface area contributed by atoms with Gasteiger partial charge in [0, 0.05) is 19.6 Å². The molecule has 2 atom stereocenters. The molecule has 0 aliphatic carbocycles. The summed E-state index contributed by atoms with van der Waals surface area (Å²) >= 11 is 0. The molecule has 1 aliphatic heterocycles. The number of carbonyl (C=O) groups is 1. The standard InChI is InChI=1S/C12H18N4O/c1-8-4-9(2)16(7-8)12(17)10-5-15-11(13-3)6-14-10/h5-6,8-9H,4,7H2,1-3H3,(H,13,15). The molecule has 2 rings (SSSR count). The molecule has 5 heteroatoms. The van der Waals surface area contributed by atoms with Gasteiger partial charge in [0.05, 0.1) is 12.4 Å². The molecule has 2 unspecified atom stereocenters. The Morgan fingerprint density at radius 1 is 1.41 bits per heavy atom. The van der Waals surface area contributed by atoms with Crippen molar-refractivity contribution in [1.82, 2.24) is 14.9 Å². The van der Waals surface area contributed by atoms with E-state index in [1.54, 1.807) is 13.2 Å². The zero-order chi connectivity index (χ0) is 12.4. The normalized spacial score (nSPS) is 23.8. The van der Waals surface area contributed by atoms with Crippen LogP contribution >= 0.6 is 0 Å². The summed E-state index contributed by atoms with van der Waals surface area (Å²) < 4.78 is 0. The van der Waals surface area contributed by atoms with Gasteiger partial charge in [-0.3, -0.25) is 4.79 Å². The average molecular weight is 234 g/mol. The maximum atomic E-state index is 12.2. The van der Waals surface area contributed by atoms with Crippen LogP contribution in [-0.4, -0.2) is 40.4 Å². The molecule has 1 amide bonds. The summed E-state index contributed by atoms with van der Waals surface area (Å²) in [6.45, 7) is 5.06. The Morgan fingerprint density at radius 2 is 2.18 bits per heavy atom. The first kappa shape index (κ1) is 11.8. The Balaban J connectivity index is 2.13. The van der Waals surface area contributed by atoms with Crippen molar-refractivity contribution >= 4 is 11.7 Å². The zero-order valence-corrected chi connectivity index (χ0v) is 10.5. The highest BCUT2D eigenvalue weighted by molar-refractivity contribution is 5.92. The number of anilines is 1. The van der Waals surface area contributed by atoms with Gasteiger partial charge in [0.15, 0.2) is 0 Å². The van der Waals surface area contributed by atoms with E-state index in [0.717, 1.165) is 13.0 Å². The van der Waals surface area contributed by atoms with E-state index in [2.05, 4.69) is 29.1 Å². The minimum atomic E-state index is -0.0167. The van der Waals surface area contributed by atoms with Crippen molar-refractivity contribution in [2.75, 3.05) is 18.9 Å². The minimum Gasteiger partial charge on any atom is -0.372 e. The highest BCUT2D eigenvalue weighted by Crippen LogP contribution is 2.23. The summed E-state index contributed by atoms with van der Waals surface area (Å²) in [4.78, 5) is 22.3. The van der Waals surface area contributed by atoms with Gasteiger partial charge in [0.1, 0.15) is 11.5 Å². The Morgan fingerprint density at radius 3 is 2.65 bits per heavy atom. The van der Waals surface area contributed by atoms with E-state index in [1.807, 2.05) is 4.90 Å². The molecule has 17 heavy (non-hydrogen) atoms. The van der Waals surface area contributed by atoms with E-state index in [0.29, 0.717) is 23.5 Å². The third kappa shape index (κ3) is 2.38. The van der Waals surface area contributed by atoms with Gasteiger partial charge in [-0.25, -0.2) is 9.97 Å². The number of nitrogens with zero attached hydrogens (tertiary/aromatic N) is 3. The highest BCUT2D eigenvalue weighted by atomic mass is 16.2. The first-order valence-electron chi connectivity index (χ1n) is 5.92. The Hall–Kier alpha value is -1.65. The van der Waals surface area contributed by atoms with Crippen molar-refractivity contribution in [2.24, 2.45) is 5.92 Å². The Labute approximate surface area is 101 Å². The summed E-state index contributed by atoms with van der Waals surface area (Å²) in [5.74, 6) is 1.22. The van der Waals surface area contributed by atoms with Gasteiger partial charge in [-0.1, -0.05) is 6.92 Å². The van der Waals surface area contributed by atoms with Crippen molar-refractivity contribution in [1.29, 1.82) is 0 Å². The van der Waals surface area contributed by atoms with Gasteiger partial charge < -0.3 is 10.2 Å². The lowest BCUT2D eigenvalue weighted by molar-refractivity contribution is 0.0737. The highest BCUT2D eigenvalue weighted by Gasteiger charge is 2.31. The fraction of sp³-hybridized carbons (Fsp3) is 0.583. The topological polar surface area (TPSA) is 58.1 Å². The molecule has 1 saturated heterocycles. The fourth-order valence-electron chi connectivity index (χ4n) is 2.30. The summed E-state index contributed by atoms with van der Waals surface area (Å²) in [6, 6.07) is 0.295. The van der Waals surface area contributed by atoms with Crippen LogP contribution in [0.15, 0.2) is 12.4 Å². The predicted octanol–water partition coefficient (Wildman–Crippen LogP) is 1.39. The van der Waals surface area contributed by atoms with Gasteiger partial charge in [-0.2, -0.15) is 0 Å². The van der Waals surface area contributed by atoms with Crippen LogP contribution in [0.1, 0.15) is 30.8 Å². The number of aromatic nitrogens is 2. The second kappa shape index (κ2) is 4.69. The Kier molecular flexibility index (Phi) is 3.26. The average Bonchev–Trinajstić information content (AvgIpc) is 2.68. The van der Waals surface area contributed by atoms with E-state index in [9.17, 15) is 4.79 Å². The fourth-order valence-corrected chi connectivity index (χ4v) is 2.30. The number of nitrogens with one attached hydrogen (secondary N) is 1. The number of hydrogen-bond acceptors (Lipinski definition) is 4. The van der Waals surface area contributed by atoms with Gasteiger partial charge >= 0.3 is 0 Å². The summed E-state index contributed by atoms with van der Waals surface area (Å²) in [6.07, 6.45) is 4.18. The maximum absolute atomic E-state index is 12.2. The van der Waals surface area contributed by atoms with E-state index in [4.69, 9.17) is 0 Å². The smallest absolute Gasteiger partial charge is 0.274 e. The van der Waals surface area contributed by atoms with Crippen LogP contribution in [0.2, 0.25) is 0 Å². The van der Waals surface area contributed by atoms with Crippen molar-refractivity contribution in [2.45, 2.75) is 26.3 Å². The van der Waals surface area contributed by atoms with Crippen molar-refractivity contribution in [3.8, 4) is 0 Å². The molecule has 1 aromatic heterocycles. The SMILES string of the molecule is CNc1cnc(C(=O)N2CC(C)CC2C)cn1. The monoisotopic (exact) mass is 234 g/mol. The van der Waals surface area contributed by atoms with E-state index in [1.165, 1.54) is 6.20 Å². The quantitative estimate of drug-likeness (QED) is 0.840. The molecule has 1 fully saturated rings. The van der Waals surface area contributed by atoms with Crippen LogP contribution < -0.4 is 5.32 Å². The molecule has 0 saturated carbocycles. The minimum absolute atomic E-state index is 0.0167. The van der Waals surface area contributed by atoms with Gasteiger partial charge in [0.2, 0.25) is 0 Å². The number of hydrogen-bond donors (Lipinski definition) is 1. The van der Waals surface area contributed by atoms with Gasteiger partial charge in [0.25, 0.3) is 5.91 Å². The third-order valence-corrected chi connectivity index (χ3v) is 3.17. The molecule has 2 heterocycles. The van der Waals surface area contributed by atoms with Crippen LogP contribution in [0, 0.1) is 5.92 Å². The van der Waals surface area contributed by atoms with Crippen molar-refractivity contribution < 1.29 is 4.79 Å². The predicted molar refractivity (Wildman–Crippen MR) is 65.9 cm³/mol. The van der Waals surface area contributed by atoms with Crippen molar-refractivity contribution in [3.05, 3.63) is 18.1 Å². The van der Waals surface area contributed by atoms with Crippen LogP contribution in [0.25, 0.3) is 0 Å². The molecule has 1 aliphatic rings. The van der Waals surface area contributed by atoms with E-state index in [-0.39, 0.29) is 5.91 Å². The second-order valence-corrected chi connectivity index (χ2v) is 4.68. The molecule has 0 aromatic carbocycles. The summed E-state index contributed by atoms with van der Waals surface area (Å²) in [5.41, 5.74) is 0.421. The Bertz CT molecular complexity index is 403. The lowest BCUT2D eigenvalue weighted by Crippen LogP contribution is -2.34. The van der Waals surface area contributed by atoms with Crippen LogP contribution in [0.4, 0.5) is 5.82 Å². The van der Waals surface area contributed by atoms with Crippen LogP contribution in [-0.2, 0) is 0 Å². The summed E-state index contributed by atoms with van der Waals surface area (Å²) in [5, 5.41) is 2.88. The first-order chi connectivity index (χ1) is 8.11.